The van der Waals surface area contributed by atoms with Gasteiger partial charge in [0.1, 0.15) is 11.9 Å². The van der Waals surface area contributed by atoms with Crippen LogP contribution in [0.3, 0.4) is 0 Å². The van der Waals surface area contributed by atoms with Crippen LogP contribution in [0.1, 0.15) is 67.9 Å². The number of rotatable bonds is 12. The number of aryl methyl sites for hydroxylation is 2. The summed E-state index contributed by atoms with van der Waals surface area (Å²) in [6.45, 7) is 0.941. The summed E-state index contributed by atoms with van der Waals surface area (Å²) in [7, 11) is -3.84. The molecule has 0 spiro atoms. The molecule has 6 rings (SSSR count). The second-order valence-corrected chi connectivity index (χ2v) is 13.8. The standard InChI is InChI=1S/C34H41N5O5S/c40-32(26-7-4-18-35-20-26)22-36-21-30-15-9-25-19-31(16-17-33(25)44-30)45(42,43)38-27-11-13-29(14-12-27)39-23-28(37-34(39)41)10-8-24-5-2-1-3-6-24/h4,7,11-14,16-20,23-24,30,32,36,38,40H,1-3,5-6,8-10,15,21-22H2,(H,37,41). The number of fused-ring (bicyclic) bond motifs is 1. The summed E-state index contributed by atoms with van der Waals surface area (Å²) < 4.78 is 36.8. The molecular formula is C34H41N5O5S. The third kappa shape index (κ3) is 7.84. The molecule has 0 amide bonds. The van der Waals surface area contributed by atoms with Gasteiger partial charge in [-0.1, -0.05) is 38.2 Å². The zero-order valence-corrected chi connectivity index (χ0v) is 26.1. The SMILES string of the molecule is O=c1[nH]c(CCC2CCCCC2)cn1-c1ccc(NS(=O)(=O)c2ccc3c(c2)CCC(CNCC(O)c2cccnc2)O3)cc1. The molecule has 1 saturated carbocycles. The molecule has 2 unspecified atom stereocenters. The molecule has 0 saturated heterocycles. The maximum atomic E-state index is 13.2. The van der Waals surface area contributed by atoms with Crippen molar-refractivity contribution in [3.63, 3.8) is 0 Å². The Labute approximate surface area is 263 Å². The number of hydrogen-bond acceptors (Lipinski definition) is 7. The number of nitrogens with zero attached hydrogens (tertiary/aromatic N) is 2. The highest BCUT2D eigenvalue weighted by Gasteiger charge is 2.23. The van der Waals surface area contributed by atoms with Crippen LogP contribution in [0.4, 0.5) is 5.69 Å². The molecule has 0 bridgehead atoms. The predicted molar refractivity (Wildman–Crippen MR) is 173 cm³/mol. The molecule has 45 heavy (non-hydrogen) atoms. The van der Waals surface area contributed by atoms with Crippen LogP contribution in [-0.2, 0) is 22.9 Å². The summed E-state index contributed by atoms with van der Waals surface area (Å²) in [6.07, 6.45) is 14.3. The second-order valence-electron chi connectivity index (χ2n) is 12.2. The highest BCUT2D eigenvalue weighted by molar-refractivity contribution is 7.92. The van der Waals surface area contributed by atoms with Crippen LogP contribution in [0.2, 0.25) is 0 Å². The summed E-state index contributed by atoms with van der Waals surface area (Å²) in [6, 6.07) is 15.3. The van der Waals surface area contributed by atoms with E-state index in [0.29, 0.717) is 36.6 Å². The van der Waals surface area contributed by atoms with Crippen LogP contribution in [0.15, 0.2) is 82.9 Å². The van der Waals surface area contributed by atoms with Crippen LogP contribution in [0, 0.1) is 5.92 Å². The fraction of sp³-hybridized carbons (Fsp3) is 0.412. The largest absolute Gasteiger partial charge is 0.489 e. The molecule has 3 heterocycles. The van der Waals surface area contributed by atoms with Crippen molar-refractivity contribution in [2.24, 2.45) is 5.92 Å². The molecule has 1 fully saturated rings. The number of aliphatic hydroxyl groups is 1. The van der Waals surface area contributed by atoms with Crippen LogP contribution in [-0.4, -0.2) is 47.3 Å². The summed E-state index contributed by atoms with van der Waals surface area (Å²) in [5, 5.41) is 13.6. The first kappa shape index (κ1) is 31.1. The summed E-state index contributed by atoms with van der Waals surface area (Å²) in [4.78, 5) is 19.8. The van der Waals surface area contributed by atoms with Crippen molar-refractivity contribution in [1.82, 2.24) is 19.9 Å². The maximum absolute atomic E-state index is 13.2. The molecule has 238 valence electrons. The molecule has 1 aliphatic heterocycles. The number of sulfonamides is 1. The number of ether oxygens (including phenoxy) is 1. The zero-order chi connectivity index (χ0) is 31.2. The molecule has 4 aromatic rings. The van der Waals surface area contributed by atoms with Gasteiger partial charge in [0.15, 0.2) is 0 Å². The van der Waals surface area contributed by atoms with E-state index in [2.05, 4.69) is 20.0 Å². The van der Waals surface area contributed by atoms with Crippen molar-refractivity contribution in [3.05, 3.63) is 100 Å². The van der Waals surface area contributed by atoms with Crippen LogP contribution < -0.4 is 20.5 Å². The highest BCUT2D eigenvalue weighted by atomic mass is 32.2. The Bertz CT molecular complexity index is 1730. The Kier molecular flexibility index (Phi) is 9.67. The normalized spacial score (nSPS) is 17.8. The van der Waals surface area contributed by atoms with Gasteiger partial charge >= 0.3 is 5.69 Å². The molecule has 2 aliphatic rings. The lowest BCUT2D eigenvalue weighted by atomic mass is 9.86. The Balaban J connectivity index is 1.03. The Morgan fingerprint density at radius 2 is 1.89 bits per heavy atom. The molecule has 2 atom stereocenters. The lowest BCUT2D eigenvalue weighted by Gasteiger charge is -2.27. The van der Waals surface area contributed by atoms with E-state index in [1.165, 1.54) is 32.1 Å². The third-order valence-electron chi connectivity index (χ3n) is 8.87. The first-order valence-corrected chi connectivity index (χ1v) is 17.3. The third-order valence-corrected chi connectivity index (χ3v) is 10.2. The monoisotopic (exact) mass is 631 g/mol. The van der Waals surface area contributed by atoms with E-state index in [1.807, 2.05) is 12.3 Å². The van der Waals surface area contributed by atoms with E-state index >= 15 is 0 Å². The van der Waals surface area contributed by atoms with Crippen molar-refractivity contribution in [3.8, 4) is 11.4 Å². The van der Waals surface area contributed by atoms with Gasteiger partial charge in [0.25, 0.3) is 10.0 Å². The van der Waals surface area contributed by atoms with Gasteiger partial charge in [-0.3, -0.25) is 14.3 Å². The summed E-state index contributed by atoms with van der Waals surface area (Å²) >= 11 is 0. The number of pyridine rings is 1. The van der Waals surface area contributed by atoms with E-state index in [1.54, 1.807) is 65.5 Å². The first-order valence-electron chi connectivity index (χ1n) is 15.9. The summed E-state index contributed by atoms with van der Waals surface area (Å²) in [5.41, 5.74) is 3.40. The molecular weight excluding hydrogens is 590 g/mol. The number of aromatic amines is 1. The zero-order valence-electron chi connectivity index (χ0n) is 25.3. The maximum Gasteiger partial charge on any atom is 0.330 e. The minimum Gasteiger partial charge on any atom is -0.489 e. The van der Waals surface area contributed by atoms with Crippen molar-refractivity contribution in [2.75, 3.05) is 17.8 Å². The van der Waals surface area contributed by atoms with Gasteiger partial charge in [0, 0.05) is 48.6 Å². The number of nitrogens with one attached hydrogen (secondary N) is 3. The fourth-order valence-corrected chi connectivity index (χ4v) is 7.42. The van der Waals surface area contributed by atoms with E-state index in [-0.39, 0.29) is 16.7 Å². The number of aliphatic hydroxyl groups excluding tert-OH is 1. The molecule has 10 nitrogen and oxygen atoms in total. The highest BCUT2D eigenvalue weighted by Crippen LogP contribution is 2.31. The molecule has 0 radical (unpaired) electrons. The number of H-pyrrole nitrogens is 1. The van der Waals surface area contributed by atoms with Gasteiger partial charge in [0.2, 0.25) is 0 Å². The number of anilines is 1. The van der Waals surface area contributed by atoms with Gasteiger partial charge in [0.05, 0.1) is 16.7 Å². The van der Waals surface area contributed by atoms with Gasteiger partial charge in [-0.25, -0.2) is 13.2 Å². The fourth-order valence-electron chi connectivity index (χ4n) is 6.31. The second kappa shape index (κ2) is 14.0. The van der Waals surface area contributed by atoms with Crippen molar-refractivity contribution < 1.29 is 18.3 Å². The number of aromatic nitrogens is 3. The van der Waals surface area contributed by atoms with Crippen molar-refractivity contribution in [1.29, 1.82) is 0 Å². The van der Waals surface area contributed by atoms with Crippen LogP contribution in [0.5, 0.6) is 5.75 Å². The average Bonchev–Trinajstić information content (AvgIpc) is 3.44. The summed E-state index contributed by atoms with van der Waals surface area (Å²) in [5.74, 6) is 1.41. The van der Waals surface area contributed by atoms with Gasteiger partial charge in [-0.2, -0.15) is 0 Å². The molecule has 4 N–H and O–H groups in total. The van der Waals surface area contributed by atoms with Crippen molar-refractivity contribution >= 4 is 15.7 Å². The first-order chi connectivity index (χ1) is 21.8. The van der Waals surface area contributed by atoms with E-state index < -0.39 is 16.1 Å². The number of imidazole rings is 1. The minimum atomic E-state index is -3.84. The predicted octanol–water partition coefficient (Wildman–Crippen LogP) is 4.89. The molecule has 2 aromatic carbocycles. The average molecular weight is 632 g/mol. The van der Waals surface area contributed by atoms with E-state index in [9.17, 15) is 18.3 Å². The Morgan fingerprint density at radius 3 is 2.67 bits per heavy atom. The Hall–Kier alpha value is -3.93. The van der Waals surface area contributed by atoms with Gasteiger partial charge in [-0.15, -0.1) is 0 Å². The number of hydrogen-bond donors (Lipinski definition) is 4. The Morgan fingerprint density at radius 1 is 1.07 bits per heavy atom. The molecule has 1 aliphatic carbocycles. The van der Waals surface area contributed by atoms with Crippen molar-refractivity contribution in [2.45, 2.75) is 74.9 Å². The lowest BCUT2D eigenvalue weighted by Crippen LogP contribution is -2.36. The smallest absolute Gasteiger partial charge is 0.330 e. The van der Waals surface area contributed by atoms with Gasteiger partial charge < -0.3 is 20.1 Å². The topological polar surface area (TPSA) is 138 Å². The van der Waals surface area contributed by atoms with Crippen LogP contribution >= 0.6 is 0 Å². The lowest BCUT2D eigenvalue weighted by molar-refractivity contribution is 0.146. The van der Waals surface area contributed by atoms with Crippen LogP contribution in [0.25, 0.3) is 5.69 Å². The van der Waals surface area contributed by atoms with E-state index in [4.69, 9.17) is 4.74 Å². The molecule has 11 heteroatoms. The van der Waals surface area contributed by atoms with Gasteiger partial charge in [-0.05, 0) is 85.7 Å². The quantitative estimate of drug-likeness (QED) is 0.175. The number of benzene rings is 2. The minimum absolute atomic E-state index is 0.0850. The molecule has 2 aromatic heterocycles. The van der Waals surface area contributed by atoms with E-state index in [0.717, 1.165) is 42.0 Å².